The molecular weight excluding hydrogens is 170 g/mol. The molecule has 0 aromatic rings. The van der Waals surface area contributed by atoms with E-state index in [9.17, 15) is 0 Å². The van der Waals surface area contributed by atoms with Crippen LogP contribution in [0, 0.1) is 0 Å². The monoisotopic (exact) mass is 187 g/mol. The number of hydrogen-bond donors (Lipinski definition) is 0. The molecule has 0 aromatic carbocycles. The summed E-state index contributed by atoms with van der Waals surface area (Å²) in [6.45, 7) is 8.76. The van der Waals surface area contributed by atoms with Gasteiger partial charge in [0.05, 0.1) is 0 Å². The van der Waals surface area contributed by atoms with Crippen LogP contribution in [0.1, 0.15) is 43.4 Å². The summed E-state index contributed by atoms with van der Waals surface area (Å²) in [7, 11) is 0. The van der Waals surface area contributed by atoms with Gasteiger partial charge in [-0.3, -0.25) is 0 Å². The van der Waals surface area contributed by atoms with Crippen LogP contribution >= 0.6 is 11.8 Å². The molecule has 0 saturated carbocycles. The molecule has 1 aliphatic rings. The zero-order valence-corrected chi connectivity index (χ0v) is 10.1. The molecule has 0 amide bonds. The van der Waals surface area contributed by atoms with Gasteiger partial charge in [0.25, 0.3) is 0 Å². The van der Waals surface area contributed by atoms with Gasteiger partial charge in [-0.2, -0.15) is 0 Å². The zero-order chi connectivity index (χ0) is 7.99. The van der Waals surface area contributed by atoms with Crippen LogP contribution in [0.25, 0.3) is 0 Å². The normalized spacial score (nSPS) is 28.1. The summed E-state index contributed by atoms with van der Waals surface area (Å²) in [6, 6.07) is 0. The minimum absolute atomic E-state index is 0. The summed E-state index contributed by atoms with van der Waals surface area (Å²) in [5.41, 5.74) is 0.371. The largest absolute Gasteiger partial charge is 2.00 e. The SMILES string of the molecule is CC1(C)CCC(C)(C)N1Cl.[H-].[H-].[Mg+2]. The number of hydrogen-bond acceptors (Lipinski definition) is 1. The second-order valence-corrected chi connectivity index (χ2v) is 4.74. The summed E-state index contributed by atoms with van der Waals surface area (Å²) < 4.78 is 1.96. The van der Waals surface area contributed by atoms with E-state index in [4.69, 9.17) is 11.8 Å². The van der Waals surface area contributed by atoms with Gasteiger partial charge < -0.3 is 2.85 Å². The third-order valence-electron chi connectivity index (χ3n) is 2.41. The Hall–Kier alpha value is 1.02. The average molecular weight is 188 g/mol. The molecule has 1 saturated heterocycles. The third-order valence-corrected chi connectivity index (χ3v) is 3.33. The van der Waals surface area contributed by atoms with Gasteiger partial charge >= 0.3 is 23.1 Å². The van der Waals surface area contributed by atoms with Gasteiger partial charge in [0, 0.05) is 11.1 Å². The van der Waals surface area contributed by atoms with Crippen molar-refractivity contribution in [2.75, 3.05) is 0 Å². The second kappa shape index (κ2) is 3.40. The van der Waals surface area contributed by atoms with E-state index in [1.54, 1.807) is 0 Å². The van der Waals surface area contributed by atoms with E-state index >= 15 is 0 Å². The minimum atomic E-state index is 0. The summed E-state index contributed by atoms with van der Waals surface area (Å²) in [5, 5.41) is 0. The number of halogens is 1. The molecule has 0 bridgehead atoms. The van der Waals surface area contributed by atoms with Gasteiger partial charge in [-0.1, -0.05) is 0 Å². The van der Waals surface area contributed by atoms with Crippen molar-refractivity contribution in [2.24, 2.45) is 0 Å². The fourth-order valence-corrected chi connectivity index (χ4v) is 1.80. The van der Waals surface area contributed by atoms with E-state index in [0.29, 0.717) is 0 Å². The summed E-state index contributed by atoms with van der Waals surface area (Å²) >= 11 is 6.13. The molecule has 1 rings (SSSR count). The van der Waals surface area contributed by atoms with Crippen molar-refractivity contribution in [3.63, 3.8) is 0 Å². The van der Waals surface area contributed by atoms with Crippen LogP contribution in [0.5, 0.6) is 0 Å². The van der Waals surface area contributed by atoms with Gasteiger partial charge in [-0.25, -0.2) is 4.42 Å². The summed E-state index contributed by atoms with van der Waals surface area (Å²) in [5.74, 6) is 0. The van der Waals surface area contributed by atoms with Crippen LogP contribution in [0.3, 0.4) is 0 Å². The molecule has 3 heteroatoms. The Bertz CT molecular complexity index is 137. The summed E-state index contributed by atoms with van der Waals surface area (Å²) in [6.07, 6.45) is 2.40. The van der Waals surface area contributed by atoms with E-state index in [0.717, 1.165) is 0 Å². The molecule has 1 heterocycles. The van der Waals surface area contributed by atoms with E-state index in [-0.39, 0.29) is 37.0 Å². The maximum Gasteiger partial charge on any atom is 2.00 e. The van der Waals surface area contributed by atoms with E-state index in [2.05, 4.69) is 27.7 Å². The molecule has 64 valence electrons. The average Bonchev–Trinajstić information content (AvgIpc) is 1.95. The van der Waals surface area contributed by atoms with Gasteiger partial charge in [-0.05, 0) is 52.3 Å². The van der Waals surface area contributed by atoms with Gasteiger partial charge in [-0.15, -0.1) is 0 Å². The molecule has 0 aromatic heterocycles. The first-order valence-electron chi connectivity index (χ1n) is 3.82. The van der Waals surface area contributed by atoms with Crippen molar-refractivity contribution >= 4 is 34.8 Å². The first-order chi connectivity index (χ1) is 4.36. The molecule has 11 heavy (non-hydrogen) atoms. The van der Waals surface area contributed by atoms with E-state index in [1.165, 1.54) is 12.8 Å². The number of rotatable bonds is 0. The molecular formula is C8H18ClMgN. The molecule has 0 atom stereocenters. The van der Waals surface area contributed by atoms with Crippen molar-refractivity contribution in [1.29, 1.82) is 0 Å². The molecule has 0 aliphatic carbocycles. The third kappa shape index (κ3) is 2.24. The fourth-order valence-electron chi connectivity index (χ4n) is 1.63. The van der Waals surface area contributed by atoms with Gasteiger partial charge in [0.15, 0.2) is 0 Å². The molecule has 0 spiro atoms. The molecule has 1 fully saturated rings. The van der Waals surface area contributed by atoms with Crippen LogP contribution in [0.4, 0.5) is 0 Å². The van der Waals surface area contributed by atoms with Crippen LogP contribution in [0.15, 0.2) is 0 Å². The first kappa shape index (κ1) is 12.0. The van der Waals surface area contributed by atoms with Crippen LogP contribution in [-0.4, -0.2) is 38.5 Å². The smallest absolute Gasteiger partial charge is 1.00 e. The van der Waals surface area contributed by atoms with Gasteiger partial charge in [0.2, 0.25) is 0 Å². The predicted octanol–water partition coefficient (Wildman–Crippen LogP) is 2.64. The maximum atomic E-state index is 6.13. The standard InChI is InChI=1S/C8H16ClN.Mg.2H/c1-7(2)5-6-8(3,4)10(7)9;;;/h5-6H2,1-4H3;;;/q;+2;2*-1. The molecule has 0 unspecified atom stereocenters. The Morgan fingerprint density at radius 3 is 1.45 bits per heavy atom. The Labute approximate surface area is 93.7 Å². The van der Waals surface area contributed by atoms with Crippen LogP contribution in [-0.2, 0) is 0 Å². The van der Waals surface area contributed by atoms with E-state index in [1.807, 2.05) is 4.42 Å². The van der Waals surface area contributed by atoms with Gasteiger partial charge in [0.1, 0.15) is 0 Å². The van der Waals surface area contributed by atoms with Crippen LogP contribution in [0.2, 0.25) is 0 Å². The molecule has 1 nitrogen and oxygen atoms in total. The Balaban J connectivity index is -0.000000333. The Morgan fingerprint density at radius 1 is 1.09 bits per heavy atom. The fraction of sp³-hybridized carbons (Fsp3) is 1.00. The predicted molar refractivity (Wildman–Crippen MR) is 53.1 cm³/mol. The van der Waals surface area contributed by atoms with Crippen LogP contribution < -0.4 is 0 Å². The Morgan fingerprint density at radius 2 is 1.36 bits per heavy atom. The zero-order valence-electron chi connectivity index (χ0n) is 9.95. The molecule has 0 radical (unpaired) electrons. The topological polar surface area (TPSA) is 3.24 Å². The minimum Gasteiger partial charge on any atom is -1.00 e. The molecule has 1 aliphatic heterocycles. The van der Waals surface area contributed by atoms with Crippen molar-refractivity contribution < 1.29 is 2.85 Å². The Kier molecular flexibility index (Phi) is 3.72. The molecule has 0 N–H and O–H groups in total. The maximum absolute atomic E-state index is 6.13. The van der Waals surface area contributed by atoms with E-state index < -0.39 is 0 Å². The number of nitrogens with zero attached hydrogens (tertiary/aromatic N) is 1. The van der Waals surface area contributed by atoms with Crippen molar-refractivity contribution in [3.8, 4) is 0 Å². The summed E-state index contributed by atoms with van der Waals surface area (Å²) in [4.78, 5) is 0. The first-order valence-corrected chi connectivity index (χ1v) is 4.16. The quantitative estimate of drug-likeness (QED) is 0.417. The van der Waals surface area contributed by atoms with Crippen molar-refractivity contribution in [2.45, 2.75) is 51.6 Å². The van der Waals surface area contributed by atoms with Crippen molar-refractivity contribution in [1.82, 2.24) is 4.42 Å². The second-order valence-electron chi connectivity index (χ2n) is 4.41. The van der Waals surface area contributed by atoms with Crippen molar-refractivity contribution in [3.05, 3.63) is 0 Å².